The van der Waals surface area contributed by atoms with E-state index < -0.39 is 10.0 Å². The van der Waals surface area contributed by atoms with Gasteiger partial charge in [0.05, 0.1) is 24.0 Å². The van der Waals surface area contributed by atoms with Gasteiger partial charge in [-0.3, -0.25) is 4.79 Å². The van der Waals surface area contributed by atoms with E-state index >= 15 is 0 Å². The molecule has 10 heteroatoms. The summed E-state index contributed by atoms with van der Waals surface area (Å²) in [6, 6.07) is 8.06. The quantitative estimate of drug-likeness (QED) is 0.689. The molecule has 0 aliphatic heterocycles. The van der Waals surface area contributed by atoms with Crippen LogP contribution in [-0.4, -0.2) is 33.5 Å². The van der Waals surface area contributed by atoms with Gasteiger partial charge in [-0.05, 0) is 31.0 Å². The van der Waals surface area contributed by atoms with Crippen molar-refractivity contribution in [1.29, 1.82) is 0 Å². The molecule has 0 saturated heterocycles. The van der Waals surface area contributed by atoms with Gasteiger partial charge in [0.2, 0.25) is 10.0 Å². The van der Waals surface area contributed by atoms with Crippen LogP contribution in [0, 0.1) is 0 Å². The van der Waals surface area contributed by atoms with Crippen molar-refractivity contribution in [1.82, 2.24) is 23.2 Å². The summed E-state index contributed by atoms with van der Waals surface area (Å²) in [5.41, 5.74) is 1.55. The van der Waals surface area contributed by atoms with Crippen molar-refractivity contribution in [2.75, 3.05) is 6.54 Å². The van der Waals surface area contributed by atoms with Gasteiger partial charge in [-0.2, -0.15) is 13.8 Å². The summed E-state index contributed by atoms with van der Waals surface area (Å²) in [5.74, 6) is 0.429. The lowest BCUT2D eigenvalue weighted by atomic mass is 10.3. The molecule has 0 radical (unpaired) electrons. The summed E-state index contributed by atoms with van der Waals surface area (Å²) in [5, 5.41) is 4.32. The lowest BCUT2D eigenvalue weighted by Gasteiger charge is -2.09. The van der Waals surface area contributed by atoms with Crippen LogP contribution in [0.4, 0.5) is 0 Å². The first kappa shape index (κ1) is 16.3. The summed E-state index contributed by atoms with van der Waals surface area (Å²) in [6.45, 7) is 0.237. The van der Waals surface area contributed by atoms with Crippen LogP contribution in [0.25, 0.3) is 11.0 Å². The predicted molar refractivity (Wildman–Crippen MR) is 93.1 cm³/mol. The fourth-order valence-electron chi connectivity index (χ4n) is 2.58. The first-order chi connectivity index (χ1) is 12.0. The molecule has 1 N–H and O–H groups in total. The Kier molecular flexibility index (Phi) is 4.10. The Balaban J connectivity index is 1.50. The van der Waals surface area contributed by atoms with Crippen molar-refractivity contribution in [3.8, 4) is 0 Å². The highest BCUT2D eigenvalue weighted by molar-refractivity contribution is 7.89. The molecule has 0 amide bonds. The highest BCUT2D eigenvalue weighted by atomic mass is 32.2. The Labute approximate surface area is 147 Å². The van der Waals surface area contributed by atoms with E-state index in [0.717, 1.165) is 30.3 Å². The topological polar surface area (TPSA) is 107 Å². The van der Waals surface area contributed by atoms with Gasteiger partial charge in [-0.1, -0.05) is 6.07 Å². The fourth-order valence-corrected chi connectivity index (χ4v) is 4.37. The maximum Gasteiger partial charge on any atom is 0.266 e. The molecule has 0 atom stereocenters. The largest absolute Gasteiger partial charge is 0.268 e. The highest BCUT2D eigenvalue weighted by Crippen LogP contribution is 2.38. The third-order valence-electron chi connectivity index (χ3n) is 4.04. The van der Waals surface area contributed by atoms with E-state index in [1.54, 1.807) is 18.2 Å². The van der Waals surface area contributed by atoms with Crippen LogP contribution in [0.15, 0.2) is 40.0 Å². The number of fused-ring (bicyclic) bond motifs is 1. The molecular weight excluding hydrogens is 362 g/mol. The smallest absolute Gasteiger partial charge is 0.266 e. The Hall–Kier alpha value is -2.17. The monoisotopic (exact) mass is 377 g/mol. The molecule has 0 spiro atoms. The first-order valence-electron chi connectivity index (χ1n) is 7.83. The molecule has 0 unspecified atom stereocenters. The molecule has 25 heavy (non-hydrogen) atoms. The fraction of sp³-hybridized carbons (Fsp3) is 0.333. The lowest BCUT2D eigenvalue weighted by Crippen LogP contribution is -2.32. The predicted octanol–water partition coefficient (Wildman–Crippen LogP) is 1.10. The molecule has 8 nitrogen and oxygen atoms in total. The van der Waals surface area contributed by atoms with Crippen molar-refractivity contribution in [3.63, 3.8) is 0 Å². The van der Waals surface area contributed by atoms with Crippen molar-refractivity contribution in [2.45, 2.75) is 30.2 Å². The summed E-state index contributed by atoms with van der Waals surface area (Å²) in [7, 11) is -3.74. The molecule has 4 rings (SSSR count). The van der Waals surface area contributed by atoms with Gasteiger partial charge in [0.25, 0.3) is 5.56 Å². The molecule has 1 aliphatic carbocycles. The minimum atomic E-state index is -3.74. The van der Waals surface area contributed by atoms with Crippen molar-refractivity contribution < 1.29 is 8.42 Å². The average Bonchev–Trinajstić information content (AvgIpc) is 3.32. The Morgan fingerprint density at radius 1 is 1.20 bits per heavy atom. The van der Waals surface area contributed by atoms with Crippen LogP contribution in [-0.2, 0) is 16.6 Å². The third-order valence-corrected chi connectivity index (χ3v) is 6.07. The van der Waals surface area contributed by atoms with Crippen molar-refractivity contribution in [3.05, 3.63) is 46.4 Å². The van der Waals surface area contributed by atoms with Gasteiger partial charge >= 0.3 is 0 Å². The van der Waals surface area contributed by atoms with Gasteiger partial charge in [0.15, 0.2) is 0 Å². The molecular formula is C15H15N5O3S2. The molecule has 2 aromatic heterocycles. The van der Waals surface area contributed by atoms with Crippen LogP contribution in [0.1, 0.15) is 24.5 Å². The van der Waals surface area contributed by atoms with E-state index in [9.17, 15) is 13.2 Å². The van der Waals surface area contributed by atoms with Crippen LogP contribution >= 0.6 is 11.7 Å². The number of nitrogens with one attached hydrogen (secondary N) is 1. The molecule has 1 fully saturated rings. The lowest BCUT2D eigenvalue weighted by molar-refractivity contribution is 0.541. The zero-order valence-corrected chi connectivity index (χ0v) is 14.8. The molecule has 1 saturated carbocycles. The summed E-state index contributed by atoms with van der Waals surface area (Å²) < 4.78 is 37.0. The molecule has 1 aromatic carbocycles. The van der Waals surface area contributed by atoms with E-state index in [0.29, 0.717) is 17.0 Å². The van der Waals surface area contributed by atoms with Gasteiger partial charge < -0.3 is 0 Å². The van der Waals surface area contributed by atoms with Gasteiger partial charge in [0.1, 0.15) is 15.9 Å². The zero-order valence-electron chi connectivity index (χ0n) is 13.1. The highest BCUT2D eigenvalue weighted by Gasteiger charge is 2.25. The SMILES string of the molecule is O=c1ccc(C2CC2)nn1CCNS(=O)(=O)c1cccc2nsnc12. The molecule has 2 heterocycles. The van der Waals surface area contributed by atoms with Crippen LogP contribution in [0.2, 0.25) is 0 Å². The summed E-state index contributed by atoms with van der Waals surface area (Å²) in [4.78, 5) is 12.0. The maximum absolute atomic E-state index is 12.5. The van der Waals surface area contributed by atoms with Crippen molar-refractivity contribution in [2.24, 2.45) is 0 Å². The number of nitrogens with zero attached hydrogens (tertiary/aromatic N) is 4. The summed E-state index contributed by atoms with van der Waals surface area (Å²) in [6.07, 6.45) is 2.17. The second-order valence-corrected chi connectivity index (χ2v) is 8.14. The van der Waals surface area contributed by atoms with Crippen LogP contribution in [0.3, 0.4) is 0 Å². The normalized spacial score (nSPS) is 14.9. The Morgan fingerprint density at radius 3 is 2.84 bits per heavy atom. The molecule has 3 aromatic rings. The van der Waals surface area contributed by atoms with E-state index in [1.807, 2.05) is 0 Å². The zero-order chi connectivity index (χ0) is 17.4. The number of sulfonamides is 1. The van der Waals surface area contributed by atoms with E-state index in [1.165, 1.54) is 16.8 Å². The molecule has 130 valence electrons. The average molecular weight is 377 g/mol. The molecule has 0 bridgehead atoms. The minimum absolute atomic E-state index is 0.0668. The summed E-state index contributed by atoms with van der Waals surface area (Å²) >= 11 is 0.968. The number of hydrogen-bond acceptors (Lipinski definition) is 7. The molecule has 1 aliphatic rings. The van der Waals surface area contributed by atoms with Crippen LogP contribution in [0.5, 0.6) is 0 Å². The van der Waals surface area contributed by atoms with Gasteiger partial charge in [0, 0.05) is 18.5 Å². The van der Waals surface area contributed by atoms with E-state index in [2.05, 4.69) is 18.6 Å². The second kappa shape index (κ2) is 6.28. The van der Waals surface area contributed by atoms with E-state index in [-0.39, 0.29) is 23.5 Å². The van der Waals surface area contributed by atoms with Crippen LogP contribution < -0.4 is 10.3 Å². The minimum Gasteiger partial charge on any atom is -0.268 e. The first-order valence-corrected chi connectivity index (χ1v) is 10.0. The Morgan fingerprint density at radius 2 is 2.04 bits per heavy atom. The number of rotatable bonds is 6. The Bertz CT molecular complexity index is 1090. The number of benzene rings is 1. The van der Waals surface area contributed by atoms with Gasteiger partial charge in [-0.15, -0.1) is 0 Å². The maximum atomic E-state index is 12.5. The standard InChI is InChI=1S/C15H15N5O3S2/c21-14-7-6-11(10-4-5-10)17-20(14)9-8-16-25(22,23)13-3-1-2-12-15(13)19-24-18-12/h1-3,6-7,10,16H,4-5,8-9H2. The number of hydrogen-bond donors (Lipinski definition) is 1. The third kappa shape index (κ3) is 3.32. The van der Waals surface area contributed by atoms with Crippen molar-refractivity contribution >= 4 is 32.8 Å². The second-order valence-electron chi connectivity index (χ2n) is 5.88. The van der Waals surface area contributed by atoms with E-state index in [4.69, 9.17) is 0 Å². The van der Waals surface area contributed by atoms with Gasteiger partial charge in [-0.25, -0.2) is 17.8 Å². The number of aromatic nitrogens is 4.